The van der Waals surface area contributed by atoms with Crippen molar-refractivity contribution in [3.8, 4) is 0 Å². The topological polar surface area (TPSA) is 19.4 Å². The molecule has 0 bridgehead atoms. The lowest BCUT2D eigenvalue weighted by Gasteiger charge is -2.42. The van der Waals surface area contributed by atoms with Crippen LogP contribution in [0.3, 0.4) is 0 Å². The summed E-state index contributed by atoms with van der Waals surface area (Å²) in [5.74, 6) is 0.532. The van der Waals surface area contributed by atoms with Crippen LogP contribution in [0, 0.1) is 0 Å². The van der Waals surface area contributed by atoms with Crippen LogP contribution in [0.25, 0.3) is 0 Å². The van der Waals surface area contributed by atoms with Crippen molar-refractivity contribution < 1.29 is 0 Å². The Morgan fingerprint density at radius 3 is 2.63 bits per heavy atom. The van der Waals surface area contributed by atoms with E-state index >= 15 is 0 Å². The fourth-order valence-corrected chi connectivity index (χ4v) is 3.74. The van der Waals surface area contributed by atoms with Crippen LogP contribution in [0.1, 0.15) is 31.0 Å². The summed E-state index contributed by atoms with van der Waals surface area (Å²) in [5.41, 5.74) is 1.02. The molecule has 5 heteroatoms. The molecule has 1 aliphatic rings. The third-order valence-electron chi connectivity index (χ3n) is 4.04. The summed E-state index contributed by atoms with van der Waals surface area (Å²) >= 11 is 7.51. The first-order valence-electron chi connectivity index (χ1n) is 7.03. The van der Waals surface area contributed by atoms with Gasteiger partial charge in [0.1, 0.15) is 0 Å². The molecule has 1 fully saturated rings. The number of halogens is 1. The molecule has 2 heterocycles. The molecule has 0 aromatic carbocycles. The molecular weight excluding hydrogens is 278 g/mol. The van der Waals surface area contributed by atoms with Crippen LogP contribution >= 0.6 is 22.9 Å². The monoisotopic (exact) mass is 301 g/mol. The Bertz CT molecular complexity index is 384. The van der Waals surface area contributed by atoms with Crippen molar-refractivity contribution in [3.05, 3.63) is 16.1 Å². The Kier molecular flexibility index (Phi) is 5.63. The number of likely N-dealkylation sites (N-methyl/N-ethyl adjacent to an activating group) is 1. The minimum atomic E-state index is 0.532. The minimum Gasteiger partial charge on any atom is -0.300 e. The van der Waals surface area contributed by atoms with E-state index in [4.69, 9.17) is 11.6 Å². The molecule has 19 heavy (non-hydrogen) atoms. The maximum absolute atomic E-state index is 5.77. The van der Waals surface area contributed by atoms with E-state index in [0.717, 1.165) is 12.1 Å². The molecule has 1 saturated heterocycles. The fraction of sp³-hybridized carbons (Fsp3) is 0.786. The second-order valence-electron chi connectivity index (χ2n) is 5.59. The van der Waals surface area contributed by atoms with Crippen LogP contribution in [0.4, 0.5) is 0 Å². The van der Waals surface area contributed by atoms with Gasteiger partial charge in [0.2, 0.25) is 0 Å². The first-order chi connectivity index (χ1) is 9.10. The molecular formula is C14H24ClN3S. The Labute approximate surface area is 125 Å². The van der Waals surface area contributed by atoms with Gasteiger partial charge in [0, 0.05) is 37.0 Å². The highest BCUT2D eigenvalue weighted by atomic mass is 35.5. The molecule has 0 N–H and O–H groups in total. The van der Waals surface area contributed by atoms with E-state index < -0.39 is 0 Å². The van der Waals surface area contributed by atoms with Crippen molar-refractivity contribution >= 4 is 22.9 Å². The van der Waals surface area contributed by atoms with Gasteiger partial charge >= 0.3 is 0 Å². The molecule has 0 spiro atoms. The lowest BCUT2D eigenvalue weighted by atomic mass is 10.1. The van der Waals surface area contributed by atoms with E-state index in [1.54, 1.807) is 11.3 Å². The zero-order valence-corrected chi connectivity index (χ0v) is 13.7. The number of rotatable bonds is 5. The smallest absolute Gasteiger partial charge is 0.0929 e. The first-order valence-corrected chi connectivity index (χ1v) is 8.45. The van der Waals surface area contributed by atoms with Gasteiger partial charge < -0.3 is 4.90 Å². The predicted octanol–water partition coefficient (Wildman–Crippen LogP) is 2.84. The number of aryl methyl sites for hydroxylation is 1. The molecule has 108 valence electrons. The summed E-state index contributed by atoms with van der Waals surface area (Å²) in [6.07, 6.45) is 2.27. The summed E-state index contributed by atoms with van der Waals surface area (Å²) in [6, 6.07) is 1.32. The molecule has 0 amide bonds. The van der Waals surface area contributed by atoms with Crippen LogP contribution < -0.4 is 0 Å². The molecule has 0 radical (unpaired) electrons. The van der Waals surface area contributed by atoms with Gasteiger partial charge in [-0.3, -0.25) is 4.90 Å². The van der Waals surface area contributed by atoms with E-state index in [0.29, 0.717) is 18.0 Å². The summed E-state index contributed by atoms with van der Waals surface area (Å²) in [5, 5.41) is 3.30. The largest absolute Gasteiger partial charge is 0.300 e. The highest BCUT2D eigenvalue weighted by molar-refractivity contribution is 7.09. The standard InChI is InChI=1S/C14H24ClN3S/c1-11-8-18(9-12(2)17(11)3)6-4-5-14-16-13(7-15)10-19-14/h10-12H,4-9H2,1-3H3. The van der Waals surface area contributed by atoms with E-state index in [9.17, 15) is 0 Å². The van der Waals surface area contributed by atoms with E-state index in [2.05, 4.69) is 41.1 Å². The van der Waals surface area contributed by atoms with Crippen molar-refractivity contribution in [1.29, 1.82) is 0 Å². The molecule has 1 aromatic heterocycles. The van der Waals surface area contributed by atoms with Crippen LogP contribution in [-0.4, -0.2) is 53.5 Å². The van der Waals surface area contributed by atoms with Gasteiger partial charge in [-0.25, -0.2) is 4.98 Å². The first kappa shape index (κ1) is 15.2. The van der Waals surface area contributed by atoms with Gasteiger partial charge in [0.25, 0.3) is 0 Å². The molecule has 2 unspecified atom stereocenters. The molecule has 1 aromatic rings. The van der Waals surface area contributed by atoms with Gasteiger partial charge in [-0.2, -0.15) is 0 Å². The van der Waals surface area contributed by atoms with Crippen molar-refractivity contribution in [3.63, 3.8) is 0 Å². The number of nitrogens with zero attached hydrogens (tertiary/aromatic N) is 3. The Morgan fingerprint density at radius 1 is 1.37 bits per heavy atom. The summed E-state index contributed by atoms with van der Waals surface area (Å²) in [6.45, 7) is 8.18. The van der Waals surface area contributed by atoms with E-state index in [-0.39, 0.29) is 0 Å². The van der Waals surface area contributed by atoms with E-state index in [1.165, 1.54) is 31.1 Å². The van der Waals surface area contributed by atoms with Crippen molar-refractivity contribution in [1.82, 2.24) is 14.8 Å². The fourth-order valence-electron chi connectivity index (χ4n) is 2.68. The van der Waals surface area contributed by atoms with Gasteiger partial charge in [-0.05, 0) is 33.9 Å². The number of hydrogen-bond donors (Lipinski definition) is 0. The highest BCUT2D eigenvalue weighted by Gasteiger charge is 2.25. The van der Waals surface area contributed by atoms with Crippen LogP contribution in [0.15, 0.2) is 5.38 Å². The Hall–Kier alpha value is -0.160. The Morgan fingerprint density at radius 2 is 2.05 bits per heavy atom. The third kappa shape index (κ3) is 4.15. The van der Waals surface area contributed by atoms with Crippen LogP contribution in [-0.2, 0) is 12.3 Å². The second-order valence-corrected chi connectivity index (χ2v) is 6.80. The van der Waals surface area contributed by atoms with Gasteiger partial charge in [-0.1, -0.05) is 0 Å². The maximum atomic E-state index is 5.77. The van der Waals surface area contributed by atoms with Crippen molar-refractivity contribution in [2.75, 3.05) is 26.7 Å². The number of alkyl halides is 1. The average Bonchev–Trinajstić information content (AvgIpc) is 2.84. The zero-order chi connectivity index (χ0) is 13.8. The number of aromatic nitrogens is 1. The maximum Gasteiger partial charge on any atom is 0.0929 e. The normalized spacial score (nSPS) is 25.9. The number of piperazine rings is 1. The second kappa shape index (κ2) is 7.02. The predicted molar refractivity (Wildman–Crippen MR) is 83.1 cm³/mol. The summed E-state index contributed by atoms with van der Waals surface area (Å²) in [4.78, 5) is 9.58. The lowest BCUT2D eigenvalue weighted by molar-refractivity contribution is 0.0595. The molecule has 2 rings (SSSR count). The Balaban J connectivity index is 1.73. The van der Waals surface area contributed by atoms with Crippen LogP contribution in [0.5, 0.6) is 0 Å². The highest BCUT2D eigenvalue weighted by Crippen LogP contribution is 2.16. The van der Waals surface area contributed by atoms with E-state index in [1.807, 2.05) is 0 Å². The van der Waals surface area contributed by atoms with Crippen molar-refractivity contribution in [2.24, 2.45) is 0 Å². The summed E-state index contributed by atoms with van der Waals surface area (Å²) < 4.78 is 0. The molecule has 0 aliphatic carbocycles. The van der Waals surface area contributed by atoms with Gasteiger partial charge in [-0.15, -0.1) is 22.9 Å². The zero-order valence-electron chi connectivity index (χ0n) is 12.1. The summed E-state index contributed by atoms with van der Waals surface area (Å²) in [7, 11) is 2.23. The molecule has 3 nitrogen and oxygen atoms in total. The SMILES string of the molecule is CC1CN(CCCc2nc(CCl)cs2)CC(C)N1C. The average molecular weight is 302 g/mol. The quantitative estimate of drug-likeness (QED) is 0.780. The van der Waals surface area contributed by atoms with Crippen molar-refractivity contribution in [2.45, 2.75) is 44.7 Å². The lowest BCUT2D eigenvalue weighted by Crippen LogP contribution is -2.54. The number of thiazole rings is 1. The molecule has 1 aliphatic heterocycles. The van der Waals surface area contributed by atoms with Crippen LogP contribution in [0.2, 0.25) is 0 Å². The number of hydrogen-bond acceptors (Lipinski definition) is 4. The van der Waals surface area contributed by atoms with Gasteiger partial charge in [0.15, 0.2) is 0 Å². The van der Waals surface area contributed by atoms with Gasteiger partial charge in [0.05, 0.1) is 16.6 Å². The molecule has 2 atom stereocenters. The molecule has 0 saturated carbocycles. The minimum absolute atomic E-state index is 0.532. The third-order valence-corrected chi connectivity index (χ3v) is 5.27.